The van der Waals surface area contributed by atoms with Crippen LogP contribution in [0, 0.1) is 11.6 Å². The number of aromatic nitrogens is 2. The lowest BCUT2D eigenvalue weighted by atomic mass is 9.74. The molecule has 1 unspecified atom stereocenters. The molecule has 1 N–H and O–H groups in total. The summed E-state index contributed by atoms with van der Waals surface area (Å²) < 4.78 is 27.4. The van der Waals surface area contributed by atoms with Gasteiger partial charge in [0.1, 0.15) is 12.1 Å². The topological polar surface area (TPSA) is 41.1 Å². The fourth-order valence-electron chi connectivity index (χ4n) is 4.96. The number of anilines is 2. The lowest BCUT2D eigenvalue weighted by Gasteiger charge is -2.40. The van der Waals surface area contributed by atoms with Crippen LogP contribution in [-0.2, 0) is 11.8 Å². The third kappa shape index (κ3) is 2.24. The predicted octanol–water partition coefficient (Wildman–Crippen LogP) is 3.77. The Morgan fingerprint density at radius 2 is 1.92 bits per heavy atom. The molecular formula is C20H22F2N4. The summed E-state index contributed by atoms with van der Waals surface area (Å²) in [6.45, 7) is 4.74. The van der Waals surface area contributed by atoms with Crippen molar-refractivity contribution in [1.29, 1.82) is 0 Å². The molecular weight excluding hydrogens is 334 g/mol. The van der Waals surface area contributed by atoms with Gasteiger partial charge in [-0.1, -0.05) is 6.92 Å². The average molecular weight is 356 g/mol. The molecule has 136 valence electrons. The van der Waals surface area contributed by atoms with Gasteiger partial charge in [0.15, 0.2) is 11.6 Å². The Labute approximate surface area is 151 Å². The number of hydrogen-bond donors (Lipinski definition) is 1. The molecule has 0 bridgehead atoms. The summed E-state index contributed by atoms with van der Waals surface area (Å²) in [5, 5.41) is 3.28. The molecule has 26 heavy (non-hydrogen) atoms. The summed E-state index contributed by atoms with van der Waals surface area (Å²) >= 11 is 0. The van der Waals surface area contributed by atoms with Gasteiger partial charge in [-0.3, -0.25) is 0 Å². The maximum atomic E-state index is 13.8. The minimum atomic E-state index is -0.781. The van der Waals surface area contributed by atoms with Crippen molar-refractivity contribution in [2.75, 3.05) is 29.9 Å². The molecule has 1 aromatic heterocycles. The molecule has 0 saturated carbocycles. The van der Waals surface area contributed by atoms with E-state index in [1.165, 1.54) is 23.4 Å². The SMILES string of the molecule is CC1CCc2ncnc(N3CCC4(CC3)CNc3cc(F)c(F)cc34)c21. The number of nitrogens with one attached hydrogen (secondary N) is 1. The molecule has 4 nitrogen and oxygen atoms in total. The smallest absolute Gasteiger partial charge is 0.160 e. The van der Waals surface area contributed by atoms with Crippen LogP contribution in [0.2, 0.25) is 0 Å². The average Bonchev–Trinajstić information content (AvgIpc) is 3.19. The molecule has 1 spiro atoms. The molecule has 1 atom stereocenters. The van der Waals surface area contributed by atoms with Gasteiger partial charge in [-0.2, -0.15) is 0 Å². The number of nitrogens with zero attached hydrogens (tertiary/aromatic N) is 3. The van der Waals surface area contributed by atoms with E-state index in [0.29, 0.717) is 5.92 Å². The van der Waals surface area contributed by atoms with Crippen LogP contribution < -0.4 is 10.2 Å². The Morgan fingerprint density at radius 1 is 1.15 bits per heavy atom. The lowest BCUT2D eigenvalue weighted by Crippen LogP contribution is -2.44. The lowest BCUT2D eigenvalue weighted by molar-refractivity contribution is 0.358. The van der Waals surface area contributed by atoms with Gasteiger partial charge in [0.05, 0.1) is 0 Å². The highest BCUT2D eigenvalue weighted by Crippen LogP contribution is 2.46. The molecule has 0 radical (unpaired) electrons. The van der Waals surface area contributed by atoms with Crippen molar-refractivity contribution in [1.82, 2.24) is 9.97 Å². The zero-order valence-corrected chi connectivity index (χ0v) is 14.9. The van der Waals surface area contributed by atoms with E-state index >= 15 is 0 Å². The van der Waals surface area contributed by atoms with E-state index in [2.05, 4.69) is 27.1 Å². The number of aryl methyl sites for hydroxylation is 1. The summed E-state index contributed by atoms with van der Waals surface area (Å²) in [5.74, 6) is 0.0438. The Morgan fingerprint density at radius 3 is 2.73 bits per heavy atom. The van der Waals surface area contributed by atoms with Crippen molar-refractivity contribution in [2.24, 2.45) is 0 Å². The summed E-state index contributed by atoms with van der Waals surface area (Å²) in [7, 11) is 0. The standard InChI is InChI=1S/C20H22F2N4/c1-12-2-3-16-18(12)19(25-11-24-16)26-6-4-20(5-7-26)10-23-17-9-15(22)14(21)8-13(17)20/h8-9,11-12,23H,2-7,10H2,1H3. The van der Waals surface area contributed by atoms with E-state index in [1.54, 1.807) is 6.33 Å². The number of piperidine rings is 1. The van der Waals surface area contributed by atoms with Crippen LogP contribution in [0.5, 0.6) is 0 Å². The van der Waals surface area contributed by atoms with E-state index in [0.717, 1.165) is 62.4 Å². The second-order valence-corrected chi connectivity index (χ2v) is 7.93. The van der Waals surface area contributed by atoms with Crippen LogP contribution in [-0.4, -0.2) is 29.6 Å². The molecule has 3 heterocycles. The van der Waals surface area contributed by atoms with Gasteiger partial charge in [-0.15, -0.1) is 0 Å². The normalized spacial score (nSPS) is 23.0. The third-order valence-electron chi connectivity index (χ3n) is 6.52. The monoisotopic (exact) mass is 356 g/mol. The molecule has 3 aliphatic rings. The first kappa shape index (κ1) is 16.0. The number of fused-ring (bicyclic) bond motifs is 3. The summed E-state index contributed by atoms with van der Waals surface area (Å²) in [4.78, 5) is 11.4. The zero-order chi connectivity index (χ0) is 17.9. The van der Waals surface area contributed by atoms with Gasteiger partial charge >= 0.3 is 0 Å². The van der Waals surface area contributed by atoms with Gasteiger partial charge in [0.25, 0.3) is 0 Å². The Balaban J connectivity index is 1.42. The zero-order valence-electron chi connectivity index (χ0n) is 14.9. The second-order valence-electron chi connectivity index (χ2n) is 7.93. The predicted molar refractivity (Wildman–Crippen MR) is 96.7 cm³/mol. The quantitative estimate of drug-likeness (QED) is 0.845. The van der Waals surface area contributed by atoms with Gasteiger partial charge in [0.2, 0.25) is 0 Å². The molecule has 1 aromatic carbocycles. The van der Waals surface area contributed by atoms with Crippen molar-refractivity contribution in [3.63, 3.8) is 0 Å². The van der Waals surface area contributed by atoms with Crippen LogP contribution in [0.1, 0.15) is 48.9 Å². The van der Waals surface area contributed by atoms with Crippen molar-refractivity contribution in [3.8, 4) is 0 Å². The largest absolute Gasteiger partial charge is 0.384 e. The second kappa shape index (κ2) is 5.63. The Bertz CT molecular complexity index is 874. The Hall–Kier alpha value is -2.24. The highest BCUT2D eigenvalue weighted by atomic mass is 19.2. The van der Waals surface area contributed by atoms with Gasteiger partial charge in [-0.05, 0) is 43.2 Å². The molecule has 5 rings (SSSR count). The molecule has 1 saturated heterocycles. The van der Waals surface area contributed by atoms with E-state index in [4.69, 9.17) is 0 Å². The van der Waals surface area contributed by atoms with E-state index in [1.807, 2.05) is 0 Å². The van der Waals surface area contributed by atoms with Crippen molar-refractivity contribution in [3.05, 3.63) is 46.9 Å². The maximum absolute atomic E-state index is 13.8. The summed E-state index contributed by atoms with van der Waals surface area (Å²) in [5.41, 5.74) is 4.06. The molecule has 2 aliphatic heterocycles. The van der Waals surface area contributed by atoms with Gasteiger partial charge in [0, 0.05) is 48.1 Å². The van der Waals surface area contributed by atoms with Gasteiger partial charge < -0.3 is 10.2 Å². The van der Waals surface area contributed by atoms with E-state index < -0.39 is 11.6 Å². The summed E-state index contributed by atoms with van der Waals surface area (Å²) in [6.07, 6.45) is 5.67. The maximum Gasteiger partial charge on any atom is 0.160 e. The number of rotatable bonds is 1. The molecule has 1 aliphatic carbocycles. The first-order valence-corrected chi connectivity index (χ1v) is 9.39. The van der Waals surface area contributed by atoms with Crippen LogP contribution in [0.4, 0.5) is 20.3 Å². The van der Waals surface area contributed by atoms with Crippen molar-refractivity contribution >= 4 is 11.5 Å². The fourth-order valence-corrected chi connectivity index (χ4v) is 4.96. The minimum absolute atomic E-state index is 0.109. The van der Waals surface area contributed by atoms with Crippen molar-refractivity contribution in [2.45, 2.75) is 43.9 Å². The number of benzene rings is 1. The number of hydrogen-bond acceptors (Lipinski definition) is 4. The van der Waals surface area contributed by atoms with E-state index in [-0.39, 0.29) is 5.41 Å². The third-order valence-corrected chi connectivity index (χ3v) is 6.52. The first-order chi connectivity index (χ1) is 12.6. The molecule has 1 fully saturated rings. The number of halogens is 2. The Kier molecular flexibility index (Phi) is 3.46. The van der Waals surface area contributed by atoms with Gasteiger partial charge in [-0.25, -0.2) is 18.7 Å². The fraction of sp³-hybridized carbons (Fsp3) is 0.500. The van der Waals surface area contributed by atoms with Crippen LogP contribution >= 0.6 is 0 Å². The molecule has 2 aromatic rings. The molecule has 6 heteroatoms. The highest BCUT2D eigenvalue weighted by molar-refractivity contribution is 5.62. The molecule has 0 amide bonds. The van der Waals surface area contributed by atoms with Crippen molar-refractivity contribution < 1.29 is 8.78 Å². The summed E-state index contributed by atoms with van der Waals surface area (Å²) in [6, 6.07) is 2.69. The minimum Gasteiger partial charge on any atom is -0.384 e. The van der Waals surface area contributed by atoms with Crippen LogP contribution in [0.3, 0.4) is 0 Å². The van der Waals surface area contributed by atoms with Crippen LogP contribution in [0.15, 0.2) is 18.5 Å². The highest BCUT2D eigenvalue weighted by Gasteiger charge is 2.43. The van der Waals surface area contributed by atoms with Crippen LogP contribution in [0.25, 0.3) is 0 Å². The van der Waals surface area contributed by atoms with E-state index in [9.17, 15) is 8.78 Å². The first-order valence-electron chi connectivity index (χ1n) is 9.39.